The second-order valence-corrected chi connectivity index (χ2v) is 5.30. The summed E-state index contributed by atoms with van der Waals surface area (Å²) in [5.41, 5.74) is 1.07. The van der Waals surface area contributed by atoms with E-state index in [1.54, 1.807) is 11.5 Å². The molecule has 0 saturated carbocycles. The lowest BCUT2D eigenvalue weighted by molar-refractivity contribution is 0.0504. The highest BCUT2D eigenvalue weighted by atomic mass is 79.9. The average molecular weight is 338 g/mol. The number of hydrogen-bond donors (Lipinski definition) is 0. The fourth-order valence-corrected chi connectivity index (χ4v) is 2.32. The van der Waals surface area contributed by atoms with Crippen molar-refractivity contribution in [3.63, 3.8) is 0 Å². The molecule has 2 aromatic rings. The Kier molecular flexibility index (Phi) is 4.54. The van der Waals surface area contributed by atoms with Crippen LogP contribution in [-0.4, -0.2) is 27.3 Å². The van der Waals surface area contributed by atoms with Crippen LogP contribution >= 0.6 is 15.9 Å². The molecule has 20 heavy (non-hydrogen) atoms. The number of carbonyl (C=O) groups is 1. The van der Waals surface area contributed by atoms with Crippen molar-refractivity contribution in [2.24, 2.45) is 0 Å². The van der Waals surface area contributed by atoms with Gasteiger partial charge in [-0.05, 0) is 38.5 Å². The van der Waals surface area contributed by atoms with E-state index in [4.69, 9.17) is 4.74 Å². The van der Waals surface area contributed by atoms with Crippen LogP contribution in [0.5, 0.6) is 0 Å². The Balaban J connectivity index is 2.38. The molecule has 0 saturated heterocycles. The molecule has 1 heterocycles. The molecule has 0 fully saturated rings. The van der Waals surface area contributed by atoms with Gasteiger partial charge in [0, 0.05) is 4.47 Å². The Bertz CT molecular complexity index is 607. The third-order valence-electron chi connectivity index (χ3n) is 3.06. The van der Waals surface area contributed by atoms with Gasteiger partial charge < -0.3 is 4.74 Å². The minimum absolute atomic E-state index is 0.0440. The van der Waals surface area contributed by atoms with Crippen LogP contribution in [0.3, 0.4) is 0 Å². The summed E-state index contributed by atoms with van der Waals surface area (Å²) in [6.07, 6.45) is 0. The van der Waals surface area contributed by atoms with Crippen molar-refractivity contribution in [1.29, 1.82) is 0 Å². The van der Waals surface area contributed by atoms with Crippen molar-refractivity contribution in [3.05, 3.63) is 46.0 Å². The molecule has 1 atom stereocenters. The lowest BCUT2D eigenvalue weighted by Gasteiger charge is -2.17. The fourth-order valence-electron chi connectivity index (χ4n) is 2.06. The molecule has 0 radical (unpaired) electrons. The summed E-state index contributed by atoms with van der Waals surface area (Å²) in [7, 11) is 0. The van der Waals surface area contributed by atoms with E-state index >= 15 is 0 Å². The number of esters is 1. The first kappa shape index (κ1) is 14.7. The lowest BCUT2D eigenvalue weighted by Crippen LogP contribution is -2.18. The second-order valence-electron chi connectivity index (χ2n) is 4.39. The normalized spacial score (nSPS) is 12.2. The zero-order valence-corrected chi connectivity index (χ0v) is 13.2. The summed E-state index contributed by atoms with van der Waals surface area (Å²) >= 11 is 3.41. The van der Waals surface area contributed by atoms with Crippen LogP contribution < -0.4 is 0 Å². The number of halogens is 1. The first-order valence-corrected chi connectivity index (χ1v) is 7.18. The molecule has 1 aromatic carbocycles. The number of hydrogen-bond acceptors (Lipinski definition) is 4. The van der Waals surface area contributed by atoms with Gasteiger partial charge in [0.2, 0.25) is 5.82 Å². The van der Waals surface area contributed by atoms with Gasteiger partial charge in [-0.3, -0.25) is 4.57 Å². The molecule has 0 spiro atoms. The number of aromatic nitrogens is 3. The third kappa shape index (κ3) is 2.90. The molecule has 0 aliphatic rings. The molecule has 6 heteroatoms. The third-order valence-corrected chi connectivity index (χ3v) is 3.59. The molecule has 106 valence electrons. The Labute approximate surface area is 126 Å². The maximum atomic E-state index is 11.9. The molecular weight excluding hydrogens is 322 g/mol. The summed E-state index contributed by atoms with van der Waals surface area (Å²) in [5, 5.41) is 7.91. The standard InChI is InChI=1S/C14H16BrN3O2/c1-4-20-14(19)13-17-16-10(3)18(13)9(2)11-5-7-12(15)8-6-11/h5-9H,4H2,1-3H3. The monoisotopic (exact) mass is 337 g/mol. The summed E-state index contributed by atoms with van der Waals surface area (Å²) in [6.45, 7) is 5.91. The van der Waals surface area contributed by atoms with E-state index in [1.807, 2.05) is 38.1 Å². The van der Waals surface area contributed by atoms with Gasteiger partial charge in [-0.1, -0.05) is 28.1 Å². The van der Waals surface area contributed by atoms with E-state index in [0.29, 0.717) is 12.4 Å². The van der Waals surface area contributed by atoms with E-state index in [1.165, 1.54) is 0 Å². The molecule has 0 amide bonds. The summed E-state index contributed by atoms with van der Waals surface area (Å²) < 4.78 is 7.82. The molecule has 2 rings (SSSR count). The van der Waals surface area contributed by atoms with E-state index in [-0.39, 0.29) is 11.9 Å². The van der Waals surface area contributed by atoms with Gasteiger partial charge in [0.1, 0.15) is 5.82 Å². The summed E-state index contributed by atoms with van der Waals surface area (Å²) in [4.78, 5) is 11.9. The summed E-state index contributed by atoms with van der Waals surface area (Å²) in [5.74, 6) is 0.473. The number of nitrogens with zero attached hydrogens (tertiary/aromatic N) is 3. The number of benzene rings is 1. The van der Waals surface area contributed by atoms with E-state index in [9.17, 15) is 4.79 Å². The SMILES string of the molecule is CCOC(=O)c1nnc(C)n1C(C)c1ccc(Br)cc1. The number of carbonyl (C=O) groups excluding carboxylic acids is 1. The Hall–Kier alpha value is -1.69. The van der Waals surface area contributed by atoms with Crippen molar-refractivity contribution in [2.75, 3.05) is 6.61 Å². The molecule has 0 aliphatic heterocycles. The Morgan fingerprint density at radius 2 is 2.00 bits per heavy atom. The average Bonchev–Trinajstić information content (AvgIpc) is 2.81. The minimum atomic E-state index is -0.447. The number of aryl methyl sites for hydroxylation is 1. The highest BCUT2D eigenvalue weighted by Gasteiger charge is 2.22. The van der Waals surface area contributed by atoms with E-state index in [0.717, 1.165) is 10.0 Å². The summed E-state index contributed by atoms with van der Waals surface area (Å²) in [6, 6.07) is 7.90. The predicted molar refractivity (Wildman–Crippen MR) is 78.7 cm³/mol. The van der Waals surface area contributed by atoms with Crippen molar-refractivity contribution >= 4 is 21.9 Å². The number of ether oxygens (including phenoxy) is 1. The molecule has 0 aliphatic carbocycles. The van der Waals surface area contributed by atoms with Crippen LogP contribution in [0, 0.1) is 6.92 Å². The molecule has 5 nitrogen and oxygen atoms in total. The highest BCUT2D eigenvalue weighted by Crippen LogP contribution is 2.23. The predicted octanol–water partition coefficient (Wildman–Crippen LogP) is 3.14. The quantitative estimate of drug-likeness (QED) is 0.804. The minimum Gasteiger partial charge on any atom is -0.460 e. The van der Waals surface area contributed by atoms with Gasteiger partial charge in [-0.25, -0.2) is 4.79 Å². The van der Waals surface area contributed by atoms with Crippen molar-refractivity contribution < 1.29 is 9.53 Å². The van der Waals surface area contributed by atoms with Gasteiger partial charge >= 0.3 is 5.97 Å². The van der Waals surface area contributed by atoms with E-state index in [2.05, 4.69) is 26.1 Å². The van der Waals surface area contributed by atoms with Crippen LogP contribution in [0.1, 0.15) is 41.9 Å². The first-order chi connectivity index (χ1) is 9.54. The van der Waals surface area contributed by atoms with Gasteiger partial charge in [0.25, 0.3) is 0 Å². The largest absolute Gasteiger partial charge is 0.460 e. The topological polar surface area (TPSA) is 57.0 Å². The zero-order chi connectivity index (χ0) is 14.7. The van der Waals surface area contributed by atoms with Crippen LogP contribution in [-0.2, 0) is 4.74 Å². The lowest BCUT2D eigenvalue weighted by atomic mass is 10.1. The van der Waals surface area contributed by atoms with Crippen molar-refractivity contribution in [2.45, 2.75) is 26.8 Å². The smallest absolute Gasteiger partial charge is 0.376 e. The maximum absolute atomic E-state index is 11.9. The highest BCUT2D eigenvalue weighted by molar-refractivity contribution is 9.10. The Morgan fingerprint density at radius 3 is 2.60 bits per heavy atom. The maximum Gasteiger partial charge on any atom is 0.376 e. The first-order valence-electron chi connectivity index (χ1n) is 6.38. The van der Waals surface area contributed by atoms with Crippen molar-refractivity contribution in [3.8, 4) is 0 Å². The molecule has 1 aromatic heterocycles. The van der Waals surface area contributed by atoms with Gasteiger partial charge in [-0.2, -0.15) is 0 Å². The van der Waals surface area contributed by atoms with Crippen LogP contribution in [0.15, 0.2) is 28.7 Å². The zero-order valence-electron chi connectivity index (χ0n) is 11.6. The van der Waals surface area contributed by atoms with Crippen molar-refractivity contribution in [1.82, 2.24) is 14.8 Å². The van der Waals surface area contributed by atoms with Gasteiger partial charge in [0.15, 0.2) is 0 Å². The molecular formula is C14H16BrN3O2. The van der Waals surface area contributed by atoms with Crippen LogP contribution in [0.4, 0.5) is 0 Å². The molecule has 0 bridgehead atoms. The van der Waals surface area contributed by atoms with E-state index < -0.39 is 5.97 Å². The van der Waals surface area contributed by atoms with Crippen LogP contribution in [0.25, 0.3) is 0 Å². The second kappa shape index (κ2) is 6.17. The Morgan fingerprint density at radius 1 is 1.35 bits per heavy atom. The molecule has 0 N–H and O–H groups in total. The van der Waals surface area contributed by atoms with Crippen LogP contribution in [0.2, 0.25) is 0 Å². The number of rotatable bonds is 4. The van der Waals surface area contributed by atoms with Gasteiger partial charge in [0.05, 0.1) is 12.6 Å². The fraction of sp³-hybridized carbons (Fsp3) is 0.357. The molecule has 1 unspecified atom stereocenters. The van der Waals surface area contributed by atoms with Gasteiger partial charge in [-0.15, -0.1) is 10.2 Å².